The van der Waals surface area contributed by atoms with Gasteiger partial charge in [-0.3, -0.25) is 0 Å². The molecule has 1 nitrogen and oxygen atoms in total. The van der Waals surface area contributed by atoms with E-state index in [4.69, 9.17) is 5.73 Å². The van der Waals surface area contributed by atoms with E-state index in [1.165, 1.54) is 0 Å². The zero-order chi connectivity index (χ0) is 17.9. The minimum Gasteiger partial charge on any atom is -0.330 e. The molecule has 0 radical (unpaired) electrons. The Morgan fingerprint density at radius 1 is 0.875 bits per heavy atom. The van der Waals surface area contributed by atoms with Crippen molar-refractivity contribution in [1.82, 2.24) is 0 Å². The van der Waals surface area contributed by atoms with Crippen molar-refractivity contribution in [1.29, 1.82) is 0 Å². The van der Waals surface area contributed by atoms with Crippen LogP contribution in [0.15, 0.2) is 98.6 Å². The Balaban J connectivity index is 0.000000505. The van der Waals surface area contributed by atoms with Crippen molar-refractivity contribution in [3.63, 3.8) is 0 Å². The molecule has 0 aliphatic carbocycles. The standard InChI is InChI=1S/C18H19N.C5H8/c1-14(16-9-5-3-6-10-16)18(13-19)15(2)17-11-7-4-8-12-17;1-4-5(2)3/h3-12,18H,1-2,13,19H2;4H,1-2H2,3H3. The summed E-state index contributed by atoms with van der Waals surface area (Å²) in [4.78, 5) is 0. The van der Waals surface area contributed by atoms with Gasteiger partial charge in [-0.2, -0.15) is 0 Å². The summed E-state index contributed by atoms with van der Waals surface area (Å²) in [7, 11) is 0. The molecule has 0 spiro atoms. The molecule has 0 fully saturated rings. The van der Waals surface area contributed by atoms with Gasteiger partial charge in [-0.05, 0) is 29.2 Å². The van der Waals surface area contributed by atoms with Gasteiger partial charge in [0.05, 0.1) is 0 Å². The van der Waals surface area contributed by atoms with Crippen LogP contribution in [0, 0.1) is 5.92 Å². The van der Waals surface area contributed by atoms with E-state index in [1.807, 2.05) is 43.3 Å². The van der Waals surface area contributed by atoms with Crippen LogP contribution in [0.1, 0.15) is 18.1 Å². The second-order valence-electron chi connectivity index (χ2n) is 5.62. The van der Waals surface area contributed by atoms with Crippen molar-refractivity contribution >= 4 is 11.1 Å². The van der Waals surface area contributed by atoms with Gasteiger partial charge in [-0.25, -0.2) is 0 Å². The Morgan fingerprint density at radius 2 is 1.21 bits per heavy atom. The summed E-state index contributed by atoms with van der Waals surface area (Å²) in [5.41, 5.74) is 11.2. The maximum Gasteiger partial charge on any atom is 0.0212 e. The Bertz CT molecular complexity index is 629. The second-order valence-corrected chi connectivity index (χ2v) is 5.62. The Morgan fingerprint density at radius 3 is 1.46 bits per heavy atom. The van der Waals surface area contributed by atoms with Gasteiger partial charge in [0.25, 0.3) is 0 Å². The predicted molar refractivity (Wildman–Crippen MR) is 109 cm³/mol. The Kier molecular flexibility index (Phi) is 8.24. The van der Waals surface area contributed by atoms with Gasteiger partial charge in [0, 0.05) is 12.5 Å². The fourth-order valence-electron chi connectivity index (χ4n) is 2.20. The molecule has 0 saturated heterocycles. The van der Waals surface area contributed by atoms with Crippen LogP contribution in [-0.4, -0.2) is 6.54 Å². The van der Waals surface area contributed by atoms with Gasteiger partial charge in [0.15, 0.2) is 0 Å². The minimum atomic E-state index is 0.0739. The Labute approximate surface area is 146 Å². The molecular formula is C23H27N. The second kappa shape index (κ2) is 10.2. The molecule has 0 bridgehead atoms. The molecule has 1 heteroatoms. The summed E-state index contributed by atoms with van der Waals surface area (Å²) in [6.07, 6.45) is 1.72. The average molecular weight is 317 g/mol. The lowest BCUT2D eigenvalue weighted by atomic mass is 9.85. The molecule has 2 aromatic carbocycles. The van der Waals surface area contributed by atoms with Crippen molar-refractivity contribution in [3.8, 4) is 0 Å². The van der Waals surface area contributed by atoms with E-state index >= 15 is 0 Å². The van der Waals surface area contributed by atoms with Gasteiger partial charge >= 0.3 is 0 Å². The third-order valence-electron chi connectivity index (χ3n) is 3.71. The first kappa shape index (κ1) is 19.4. The SMILES string of the molecule is C=C(c1ccccc1)C(CN)C(=C)c1ccccc1.C=CC(=C)C. The van der Waals surface area contributed by atoms with E-state index in [0.29, 0.717) is 6.54 Å². The number of allylic oxidation sites excluding steroid dienone is 2. The fourth-order valence-corrected chi connectivity index (χ4v) is 2.20. The van der Waals surface area contributed by atoms with Crippen LogP contribution in [0.3, 0.4) is 0 Å². The zero-order valence-corrected chi connectivity index (χ0v) is 14.5. The molecule has 0 amide bonds. The average Bonchev–Trinajstić information content (AvgIpc) is 2.64. The van der Waals surface area contributed by atoms with Crippen LogP contribution < -0.4 is 5.73 Å². The van der Waals surface area contributed by atoms with Crippen molar-refractivity contribution in [2.75, 3.05) is 6.54 Å². The summed E-state index contributed by atoms with van der Waals surface area (Å²) < 4.78 is 0. The van der Waals surface area contributed by atoms with E-state index in [-0.39, 0.29) is 5.92 Å². The van der Waals surface area contributed by atoms with Gasteiger partial charge in [-0.15, -0.1) is 0 Å². The monoisotopic (exact) mass is 317 g/mol. The molecule has 2 aromatic rings. The van der Waals surface area contributed by atoms with Gasteiger partial charge in [-0.1, -0.05) is 98.6 Å². The van der Waals surface area contributed by atoms with Crippen LogP contribution in [0.2, 0.25) is 0 Å². The Hall–Kier alpha value is -2.64. The number of rotatable bonds is 6. The molecular weight excluding hydrogens is 290 g/mol. The van der Waals surface area contributed by atoms with E-state index in [2.05, 4.69) is 50.6 Å². The smallest absolute Gasteiger partial charge is 0.0212 e. The molecule has 0 atom stereocenters. The molecule has 0 aliphatic heterocycles. The van der Waals surface area contributed by atoms with E-state index < -0.39 is 0 Å². The number of hydrogen-bond donors (Lipinski definition) is 1. The highest BCUT2D eigenvalue weighted by Crippen LogP contribution is 2.31. The quantitative estimate of drug-likeness (QED) is 0.676. The first-order valence-electron chi connectivity index (χ1n) is 7.97. The van der Waals surface area contributed by atoms with Crippen molar-refractivity contribution in [3.05, 3.63) is 110 Å². The number of hydrogen-bond acceptors (Lipinski definition) is 1. The summed E-state index contributed by atoms with van der Waals surface area (Å²) in [6, 6.07) is 20.3. The lowest BCUT2D eigenvalue weighted by Gasteiger charge is -2.21. The van der Waals surface area contributed by atoms with Crippen molar-refractivity contribution in [2.45, 2.75) is 6.92 Å². The van der Waals surface area contributed by atoms with Crippen LogP contribution >= 0.6 is 0 Å². The fraction of sp³-hybridized carbons (Fsp3) is 0.130. The lowest BCUT2D eigenvalue weighted by Crippen LogP contribution is -2.17. The molecule has 124 valence electrons. The van der Waals surface area contributed by atoms with Gasteiger partial charge in [0.2, 0.25) is 0 Å². The van der Waals surface area contributed by atoms with Crippen LogP contribution in [-0.2, 0) is 0 Å². The van der Waals surface area contributed by atoms with Crippen LogP contribution in [0.25, 0.3) is 11.1 Å². The third-order valence-corrected chi connectivity index (χ3v) is 3.71. The maximum absolute atomic E-state index is 5.93. The highest BCUT2D eigenvalue weighted by atomic mass is 14.6. The maximum atomic E-state index is 5.93. The van der Waals surface area contributed by atoms with Crippen LogP contribution in [0.4, 0.5) is 0 Å². The molecule has 2 rings (SSSR count). The predicted octanol–water partition coefficient (Wildman–Crippen LogP) is 5.74. The normalized spacial score (nSPS) is 9.62. The van der Waals surface area contributed by atoms with Crippen LogP contribution in [0.5, 0.6) is 0 Å². The van der Waals surface area contributed by atoms with E-state index in [9.17, 15) is 0 Å². The first-order valence-corrected chi connectivity index (χ1v) is 7.97. The van der Waals surface area contributed by atoms with Gasteiger partial charge in [0.1, 0.15) is 0 Å². The van der Waals surface area contributed by atoms with Gasteiger partial charge < -0.3 is 5.73 Å². The summed E-state index contributed by atoms with van der Waals surface area (Å²) in [5.74, 6) is 0.0739. The molecule has 0 heterocycles. The highest BCUT2D eigenvalue weighted by Gasteiger charge is 2.17. The number of nitrogens with two attached hydrogens (primary N) is 1. The summed E-state index contributed by atoms with van der Waals surface area (Å²) in [6.45, 7) is 17.8. The summed E-state index contributed by atoms with van der Waals surface area (Å²) >= 11 is 0. The van der Waals surface area contributed by atoms with E-state index in [0.717, 1.165) is 27.8 Å². The molecule has 0 saturated carbocycles. The highest BCUT2D eigenvalue weighted by molar-refractivity contribution is 5.80. The topological polar surface area (TPSA) is 26.0 Å². The largest absolute Gasteiger partial charge is 0.330 e. The molecule has 24 heavy (non-hydrogen) atoms. The third kappa shape index (κ3) is 5.86. The molecule has 0 aliphatic rings. The zero-order valence-electron chi connectivity index (χ0n) is 14.5. The molecule has 0 unspecified atom stereocenters. The van der Waals surface area contributed by atoms with Crippen molar-refractivity contribution in [2.24, 2.45) is 11.7 Å². The van der Waals surface area contributed by atoms with E-state index in [1.54, 1.807) is 6.08 Å². The summed E-state index contributed by atoms with van der Waals surface area (Å²) in [5, 5.41) is 0. The molecule has 2 N–H and O–H groups in total. The minimum absolute atomic E-state index is 0.0739. The number of benzene rings is 2. The lowest BCUT2D eigenvalue weighted by molar-refractivity contribution is 0.862. The molecule has 0 aromatic heterocycles. The first-order chi connectivity index (χ1) is 11.5. The van der Waals surface area contributed by atoms with Crippen molar-refractivity contribution < 1.29 is 0 Å².